The number of rotatable bonds is 3. The molecule has 1 spiro atoms. The van der Waals surface area contributed by atoms with Gasteiger partial charge in [0, 0.05) is 0 Å². The Labute approximate surface area is 149 Å². The van der Waals surface area contributed by atoms with E-state index in [1.807, 2.05) is 6.92 Å². The van der Waals surface area contributed by atoms with Crippen molar-refractivity contribution < 1.29 is 18.8 Å². The molecule has 0 unspecified atom stereocenters. The van der Waals surface area contributed by atoms with Crippen LogP contribution in [0.15, 0.2) is 18.2 Å². The van der Waals surface area contributed by atoms with Crippen molar-refractivity contribution in [1.29, 1.82) is 0 Å². The van der Waals surface area contributed by atoms with Gasteiger partial charge in [-0.15, -0.1) is 0 Å². The van der Waals surface area contributed by atoms with Crippen molar-refractivity contribution in [2.24, 2.45) is 5.92 Å². The molecule has 1 aliphatic carbocycles. The molecule has 25 heavy (non-hydrogen) atoms. The molecule has 8 heteroatoms. The highest BCUT2D eigenvalue weighted by atomic mass is 35.5. The number of amides is 4. The van der Waals surface area contributed by atoms with Crippen LogP contribution in [0.3, 0.4) is 0 Å². The summed E-state index contributed by atoms with van der Waals surface area (Å²) in [5.74, 6) is -1.43. The van der Waals surface area contributed by atoms with Crippen LogP contribution in [-0.2, 0) is 9.59 Å². The maximum absolute atomic E-state index is 13.1. The molecule has 134 valence electrons. The number of halogens is 2. The second-order valence-electron chi connectivity index (χ2n) is 6.61. The van der Waals surface area contributed by atoms with Crippen LogP contribution in [0.25, 0.3) is 0 Å². The van der Waals surface area contributed by atoms with Gasteiger partial charge in [-0.1, -0.05) is 31.4 Å². The number of carbonyl (C=O) groups is 3. The van der Waals surface area contributed by atoms with Gasteiger partial charge in [0.15, 0.2) is 0 Å². The average Bonchev–Trinajstić information content (AvgIpc) is 2.78. The molecular formula is C17H19ClFN3O3. The Kier molecular flexibility index (Phi) is 4.69. The lowest BCUT2D eigenvalue weighted by atomic mass is 9.73. The van der Waals surface area contributed by atoms with Crippen molar-refractivity contribution in [3.05, 3.63) is 29.0 Å². The molecule has 1 saturated heterocycles. The number of urea groups is 1. The maximum Gasteiger partial charge on any atom is 0.325 e. The van der Waals surface area contributed by atoms with Crippen LogP contribution in [0.2, 0.25) is 5.02 Å². The molecule has 1 heterocycles. The van der Waals surface area contributed by atoms with E-state index in [2.05, 4.69) is 10.6 Å². The monoisotopic (exact) mass is 367 g/mol. The first-order chi connectivity index (χ1) is 11.8. The molecule has 3 rings (SSSR count). The minimum atomic E-state index is -0.900. The summed E-state index contributed by atoms with van der Waals surface area (Å²) in [4.78, 5) is 38.2. The molecule has 0 bridgehead atoms. The van der Waals surface area contributed by atoms with E-state index >= 15 is 0 Å². The van der Waals surface area contributed by atoms with E-state index < -0.39 is 29.8 Å². The zero-order valence-electron chi connectivity index (χ0n) is 13.8. The summed E-state index contributed by atoms with van der Waals surface area (Å²) in [6, 6.07) is 3.00. The second kappa shape index (κ2) is 6.63. The van der Waals surface area contributed by atoms with E-state index in [0.717, 1.165) is 36.3 Å². The molecule has 2 atom stereocenters. The third-order valence-electron chi connectivity index (χ3n) is 5.01. The minimum absolute atomic E-state index is 0.0253. The van der Waals surface area contributed by atoms with Crippen molar-refractivity contribution in [3.8, 4) is 0 Å². The molecule has 1 aliphatic heterocycles. The highest BCUT2D eigenvalue weighted by Crippen LogP contribution is 2.38. The van der Waals surface area contributed by atoms with E-state index in [4.69, 9.17) is 11.6 Å². The molecule has 0 aromatic heterocycles. The Morgan fingerprint density at radius 3 is 2.88 bits per heavy atom. The SMILES string of the molecule is C[C@@H]1CCCC[C@@]12NC(=O)N(CC(=O)Nc1ccc(F)cc1Cl)C2=O. The summed E-state index contributed by atoms with van der Waals surface area (Å²) in [5.41, 5.74) is -0.677. The van der Waals surface area contributed by atoms with E-state index in [9.17, 15) is 18.8 Å². The third kappa shape index (κ3) is 3.20. The number of nitrogens with zero attached hydrogens (tertiary/aromatic N) is 1. The van der Waals surface area contributed by atoms with Crippen LogP contribution in [0.1, 0.15) is 32.6 Å². The van der Waals surface area contributed by atoms with E-state index in [0.29, 0.717) is 6.42 Å². The van der Waals surface area contributed by atoms with Gasteiger partial charge in [0.25, 0.3) is 5.91 Å². The first kappa shape index (κ1) is 17.7. The van der Waals surface area contributed by atoms with Gasteiger partial charge >= 0.3 is 6.03 Å². The van der Waals surface area contributed by atoms with Gasteiger partial charge in [-0.3, -0.25) is 14.5 Å². The molecule has 1 saturated carbocycles. The van der Waals surface area contributed by atoms with Crippen molar-refractivity contribution in [2.45, 2.75) is 38.1 Å². The molecule has 6 nitrogen and oxygen atoms in total. The standard InChI is InChI=1S/C17H19ClFN3O3/c1-10-4-2-3-7-17(10)15(24)22(16(25)21-17)9-14(23)20-13-6-5-11(19)8-12(13)18/h5-6,8,10H,2-4,7,9H2,1H3,(H,20,23)(H,21,25)/t10-,17-/m1/s1. The number of hydrogen-bond donors (Lipinski definition) is 2. The molecule has 2 fully saturated rings. The molecule has 2 aliphatic rings. The number of imide groups is 1. The fourth-order valence-corrected chi connectivity index (χ4v) is 3.78. The predicted octanol–water partition coefficient (Wildman–Crippen LogP) is 2.92. The van der Waals surface area contributed by atoms with Crippen LogP contribution in [-0.4, -0.2) is 34.8 Å². The lowest BCUT2D eigenvalue weighted by Gasteiger charge is -2.36. The number of anilines is 1. The lowest BCUT2D eigenvalue weighted by Crippen LogP contribution is -2.54. The zero-order valence-corrected chi connectivity index (χ0v) is 14.5. The molecule has 2 N–H and O–H groups in total. The minimum Gasteiger partial charge on any atom is -0.323 e. The van der Waals surface area contributed by atoms with Gasteiger partial charge < -0.3 is 10.6 Å². The number of benzene rings is 1. The van der Waals surface area contributed by atoms with Crippen LogP contribution in [0.4, 0.5) is 14.9 Å². The Hall–Kier alpha value is -2.15. The number of carbonyl (C=O) groups excluding carboxylic acids is 3. The highest BCUT2D eigenvalue weighted by Gasteiger charge is 2.55. The molecule has 4 amide bonds. The average molecular weight is 368 g/mol. The third-order valence-corrected chi connectivity index (χ3v) is 5.32. The van der Waals surface area contributed by atoms with Gasteiger partial charge in [-0.2, -0.15) is 0 Å². The van der Waals surface area contributed by atoms with Crippen LogP contribution >= 0.6 is 11.6 Å². The van der Waals surface area contributed by atoms with Gasteiger partial charge in [0.2, 0.25) is 5.91 Å². The molecule has 0 radical (unpaired) electrons. The van der Waals surface area contributed by atoms with E-state index in [1.54, 1.807) is 0 Å². The summed E-state index contributed by atoms with van der Waals surface area (Å²) in [7, 11) is 0. The summed E-state index contributed by atoms with van der Waals surface area (Å²) in [5, 5.41) is 5.33. The smallest absolute Gasteiger partial charge is 0.323 e. The highest BCUT2D eigenvalue weighted by molar-refractivity contribution is 6.33. The molecular weight excluding hydrogens is 349 g/mol. The van der Waals surface area contributed by atoms with Crippen molar-refractivity contribution in [3.63, 3.8) is 0 Å². The molecule has 1 aromatic rings. The van der Waals surface area contributed by atoms with Crippen LogP contribution < -0.4 is 10.6 Å². The Balaban J connectivity index is 1.71. The first-order valence-electron chi connectivity index (χ1n) is 8.22. The Morgan fingerprint density at radius 1 is 1.44 bits per heavy atom. The van der Waals surface area contributed by atoms with Gasteiger partial charge in [0.1, 0.15) is 17.9 Å². The Bertz CT molecular complexity index is 742. The summed E-state index contributed by atoms with van der Waals surface area (Å²) < 4.78 is 13.1. The summed E-state index contributed by atoms with van der Waals surface area (Å²) in [6.45, 7) is 1.53. The quantitative estimate of drug-likeness (QED) is 0.806. The fourth-order valence-electron chi connectivity index (χ4n) is 3.56. The van der Waals surface area contributed by atoms with Crippen molar-refractivity contribution >= 4 is 35.1 Å². The number of nitrogens with one attached hydrogen (secondary N) is 2. The topological polar surface area (TPSA) is 78.5 Å². The lowest BCUT2D eigenvalue weighted by molar-refractivity contribution is -0.136. The van der Waals surface area contributed by atoms with E-state index in [1.165, 1.54) is 6.07 Å². The first-order valence-corrected chi connectivity index (χ1v) is 8.60. The number of hydrogen-bond acceptors (Lipinski definition) is 3. The second-order valence-corrected chi connectivity index (χ2v) is 7.02. The fraction of sp³-hybridized carbons (Fsp3) is 0.471. The maximum atomic E-state index is 13.1. The van der Waals surface area contributed by atoms with Crippen molar-refractivity contribution in [2.75, 3.05) is 11.9 Å². The van der Waals surface area contributed by atoms with Gasteiger partial charge in [0.05, 0.1) is 10.7 Å². The largest absolute Gasteiger partial charge is 0.325 e. The zero-order chi connectivity index (χ0) is 18.2. The summed E-state index contributed by atoms with van der Waals surface area (Å²) in [6.07, 6.45) is 3.33. The van der Waals surface area contributed by atoms with Gasteiger partial charge in [-0.25, -0.2) is 9.18 Å². The normalized spacial score (nSPS) is 26.0. The van der Waals surface area contributed by atoms with Crippen molar-refractivity contribution in [1.82, 2.24) is 10.2 Å². The van der Waals surface area contributed by atoms with Gasteiger partial charge in [-0.05, 0) is 37.0 Å². The summed E-state index contributed by atoms with van der Waals surface area (Å²) >= 11 is 5.87. The Morgan fingerprint density at radius 2 is 2.20 bits per heavy atom. The van der Waals surface area contributed by atoms with Crippen LogP contribution in [0, 0.1) is 11.7 Å². The predicted molar refractivity (Wildman–Crippen MR) is 90.6 cm³/mol. The van der Waals surface area contributed by atoms with Crippen LogP contribution in [0.5, 0.6) is 0 Å². The van der Waals surface area contributed by atoms with E-state index in [-0.39, 0.29) is 22.5 Å². The molecule has 1 aromatic carbocycles.